The van der Waals surface area contributed by atoms with Crippen LogP contribution in [-0.4, -0.2) is 67.8 Å². The minimum atomic E-state index is -3.09. The van der Waals surface area contributed by atoms with Gasteiger partial charge in [-0.3, -0.25) is 9.59 Å². The maximum Gasteiger partial charge on any atom is 0.315 e. The van der Waals surface area contributed by atoms with Gasteiger partial charge in [-0.1, -0.05) is 20.3 Å². The van der Waals surface area contributed by atoms with Crippen LogP contribution in [0.3, 0.4) is 0 Å². The van der Waals surface area contributed by atoms with Crippen molar-refractivity contribution in [2.24, 2.45) is 17.6 Å². The van der Waals surface area contributed by atoms with Crippen LogP contribution >= 0.6 is 0 Å². The van der Waals surface area contributed by atoms with Gasteiger partial charge < -0.3 is 21.3 Å². The van der Waals surface area contributed by atoms with E-state index in [2.05, 4.69) is 10.6 Å². The molecule has 0 radical (unpaired) electrons. The molecule has 2 saturated heterocycles. The number of urea groups is 1. The number of sulfone groups is 1. The summed E-state index contributed by atoms with van der Waals surface area (Å²) in [6.45, 7) is 4.69. The van der Waals surface area contributed by atoms with Gasteiger partial charge in [-0.15, -0.1) is 0 Å². The van der Waals surface area contributed by atoms with Crippen molar-refractivity contribution in [3.05, 3.63) is 0 Å². The van der Waals surface area contributed by atoms with Crippen LogP contribution in [0.1, 0.15) is 39.5 Å². The van der Waals surface area contributed by atoms with E-state index >= 15 is 0 Å². The molecule has 0 aromatic heterocycles. The third kappa shape index (κ3) is 5.82. The second kappa shape index (κ2) is 8.90. The molecule has 0 bridgehead atoms. The SMILES string of the molecule is CC[C@@H](C)[C@H](NC(=O)N[C@H]1CCS(=O)(=O)C1)C(=O)N1CCC(C(N)=O)CC1. The molecule has 0 aromatic rings. The standard InChI is InChI=1S/C17H30N4O5S/c1-3-11(2)14(16(23)21-7-4-12(5-8-21)15(18)22)20-17(24)19-13-6-9-27(25,26)10-13/h11-14H,3-10H2,1-2H3,(H2,18,22)(H2,19,20,24)/t11-,13+,14+/m1/s1. The highest BCUT2D eigenvalue weighted by Gasteiger charge is 2.34. The van der Waals surface area contributed by atoms with E-state index in [4.69, 9.17) is 5.73 Å². The zero-order valence-corrected chi connectivity index (χ0v) is 16.8. The van der Waals surface area contributed by atoms with E-state index in [0.29, 0.717) is 38.8 Å². The van der Waals surface area contributed by atoms with Crippen molar-refractivity contribution in [3.63, 3.8) is 0 Å². The zero-order chi connectivity index (χ0) is 20.2. The van der Waals surface area contributed by atoms with Gasteiger partial charge in [0, 0.05) is 25.0 Å². The Morgan fingerprint density at radius 2 is 1.81 bits per heavy atom. The van der Waals surface area contributed by atoms with Gasteiger partial charge in [0.25, 0.3) is 0 Å². The smallest absolute Gasteiger partial charge is 0.315 e. The number of hydrogen-bond acceptors (Lipinski definition) is 5. The molecule has 3 atom stereocenters. The van der Waals surface area contributed by atoms with Gasteiger partial charge in [0.1, 0.15) is 6.04 Å². The third-order valence-corrected chi connectivity index (χ3v) is 7.31. The van der Waals surface area contributed by atoms with Crippen molar-refractivity contribution in [3.8, 4) is 0 Å². The number of likely N-dealkylation sites (tertiary alicyclic amines) is 1. The second-order valence-electron chi connectivity index (χ2n) is 7.58. The lowest BCUT2D eigenvalue weighted by atomic mass is 9.93. The van der Waals surface area contributed by atoms with Gasteiger partial charge in [0.2, 0.25) is 11.8 Å². The molecule has 0 spiro atoms. The molecule has 2 aliphatic heterocycles. The summed E-state index contributed by atoms with van der Waals surface area (Å²) in [7, 11) is -3.09. The molecule has 27 heavy (non-hydrogen) atoms. The Morgan fingerprint density at radius 1 is 1.19 bits per heavy atom. The summed E-state index contributed by atoms with van der Waals surface area (Å²) < 4.78 is 23.0. The van der Waals surface area contributed by atoms with Crippen molar-refractivity contribution in [2.45, 2.75) is 51.6 Å². The normalized spacial score (nSPS) is 24.8. The maximum absolute atomic E-state index is 12.9. The first-order chi connectivity index (χ1) is 12.6. The fraction of sp³-hybridized carbons (Fsp3) is 0.824. The molecule has 4 N–H and O–H groups in total. The van der Waals surface area contributed by atoms with Crippen LogP contribution in [0.25, 0.3) is 0 Å². The number of piperidine rings is 1. The Labute approximate surface area is 160 Å². The third-order valence-electron chi connectivity index (χ3n) is 5.54. The van der Waals surface area contributed by atoms with Crippen molar-refractivity contribution < 1.29 is 22.8 Å². The summed E-state index contributed by atoms with van der Waals surface area (Å²) in [6.07, 6.45) is 2.14. The Hall–Kier alpha value is -1.84. The molecule has 0 aliphatic carbocycles. The van der Waals surface area contributed by atoms with Crippen LogP contribution in [0.4, 0.5) is 4.79 Å². The van der Waals surface area contributed by atoms with E-state index in [1.807, 2.05) is 13.8 Å². The minimum Gasteiger partial charge on any atom is -0.369 e. The molecular formula is C17H30N4O5S. The van der Waals surface area contributed by atoms with Crippen LogP contribution in [0.5, 0.6) is 0 Å². The Bertz CT molecular complexity index is 673. The largest absolute Gasteiger partial charge is 0.369 e. The van der Waals surface area contributed by atoms with E-state index in [9.17, 15) is 22.8 Å². The second-order valence-corrected chi connectivity index (χ2v) is 9.81. The first kappa shape index (κ1) is 21.5. The van der Waals surface area contributed by atoms with Gasteiger partial charge >= 0.3 is 6.03 Å². The minimum absolute atomic E-state index is 0.0665. The molecule has 2 heterocycles. The Balaban J connectivity index is 1.95. The van der Waals surface area contributed by atoms with Crippen LogP contribution in [0.2, 0.25) is 0 Å². The lowest BCUT2D eigenvalue weighted by Gasteiger charge is -2.35. The summed E-state index contributed by atoms with van der Waals surface area (Å²) in [6, 6.07) is -1.64. The van der Waals surface area contributed by atoms with Crippen LogP contribution in [0, 0.1) is 11.8 Å². The molecule has 154 valence electrons. The number of carbonyl (C=O) groups is 3. The van der Waals surface area contributed by atoms with E-state index in [-0.39, 0.29) is 35.2 Å². The zero-order valence-electron chi connectivity index (χ0n) is 15.9. The number of hydrogen-bond donors (Lipinski definition) is 3. The highest BCUT2D eigenvalue weighted by atomic mass is 32.2. The molecule has 0 unspecified atom stereocenters. The number of nitrogens with two attached hydrogens (primary N) is 1. The predicted octanol–water partition coefficient (Wildman–Crippen LogP) is -0.389. The maximum atomic E-state index is 12.9. The number of nitrogens with one attached hydrogen (secondary N) is 2. The first-order valence-corrected chi connectivity index (χ1v) is 11.3. The van der Waals surface area contributed by atoms with E-state index in [1.54, 1.807) is 4.90 Å². The topological polar surface area (TPSA) is 139 Å². The fourth-order valence-corrected chi connectivity index (χ4v) is 5.21. The summed E-state index contributed by atoms with van der Waals surface area (Å²) in [5.41, 5.74) is 5.33. The fourth-order valence-electron chi connectivity index (χ4n) is 3.54. The Kier molecular flexibility index (Phi) is 7.07. The van der Waals surface area contributed by atoms with Crippen molar-refractivity contribution in [1.29, 1.82) is 0 Å². The van der Waals surface area contributed by atoms with Gasteiger partial charge in [0.15, 0.2) is 9.84 Å². The quantitative estimate of drug-likeness (QED) is 0.555. The molecule has 4 amide bonds. The van der Waals surface area contributed by atoms with Gasteiger partial charge in [-0.25, -0.2) is 13.2 Å². The highest BCUT2D eigenvalue weighted by molar-refractivity contribution is 7.91. The summed E-state index contributed by atoms with van der Waals surface area (Å²) in [5, 5.41) is 5.39. The van der Waals surface area contributed by atoms with Gasteiger partial charge in [-0.2, -0.15) is 0 Å². The summed E-state index contributed by atoms with van der Waals surface area (Å²) >= 11 is 0. The highest BCUT2D eigenvalue weighted by Crippen LogP contribution is 2.20. The van der Waals surface area contributed by atoms with Crippen molar-refractivity contribution >= 4 is 27.7 Å². The van der Waals surface area contributed by atoms with Crippen molar-refractivity contribution in [2.75, 3.05) is 24.6 Å². The Morgan fingerprint density at radius 3 is 2.30 bits per heavy atom. The first-order valence-electron chi connectivity index (χ1n) is 9.48. The number of rotatable bonds is 6. The molecule has 2 aliphatic rings. The number of nitrogens with zero attached hydrogens (tertiary/aromatic N) is 1. The average Bonchev–Trinajstić information content (AvgIpc) is 2.96. The summed E-state index contributed by atoms with van der Waals surface area (Å²) in [4.78, 5) is 38.2. The molecule has 0 aromatic carbocycles. The lowest BCUT2D eigenvalue weighted by molar-refractivity contribution is -0.137. The monoisotopic (exact) mass is 402 g/mol. The van der Waals surface area contributed by atoms with Gasteiger partial charge in [0.05, 0.1) is 11.5 Å². The van der Waals surface area contributed by atoms with E-state index in [0.717, 1.165) is 0 Å². The average molecular weight is 403 g/mol. The van der Waals surface area contributed by atoms with Gasteiger partial charge in [-0.05, 0) is 25.2 Å². The molecule has 2 fully saturated rings. The molecule has 0 saturated carbocycles. The van der Waals surface area contributed by atoms with E-state index < -0.39 is 28.0 Å². The van der Waals surface area contributed by atoms with Crippen LogP contribution < -0.4 is 16.4 Å². The number of primary amides is 1. The van der Waals surface area contributed by atoms with Crippen molar-refractivity contribution in [1.82, 2.24) is 15.5 Å². The van der Waals surface area contributed by atoms with Crippen LogP contribution in [-0.2, 0) is 19.4 Å². The molecule has 2 rings (SSSR count). The summed E-state index contributed by atoms with van der Waals surface area (Å²) in [5.74, 6) is -0.809. The molecular weight excluding hydrogens is 372 g/mol. The van der Waals surface area contributed by atoms with E-state index in [1.165, 1.54) is 0 Å². The molecule has 10 heteroatoms. The number of carbonyl (C=O) groups excluding carboxylic acids is 3. The van der Waals surface area contributed by atoms with Crippen LogP contribution in [0.15, 0.2) is 0 Å². The lowest BCUT2D eigenvalue weighted by Crippen LogP contribution is -2.56. The number of amides is 4. The molecule has 9 nitrogen and oxygen atoms in total. The predicted molar refractivity (Wildman–Crippen MR) is 100 cm³/mol.